The van der Waals surface area contributed by atoms with Gasteiger partial charge in [-0.25, -0.2) is 9.59 Å². The highest BCUT2D eigenvalue weighted by atomic mass is 16.7. The van der Waals surface area contributed by atoms with Gasteiger partial charge in [0.2, 0.25) is 5.78 Å². The SMILES string of the molecule is COc1cc(C)c(C(=O)N[C@@H]2[C@H](C)O[C@H](O[C@@H]3CC[C@H](C)[C@@H]4[C@@H]3C=C(C)[C@@H]3/C(C)=C/CC/C(C)=C/[C@]5(C)C=C(C(=O)O)[C@H](C)C[C@@]56OC(=O)C(=C(O)[C@@]43C)C6=O)[C@@H](O)[C@@]2(C)O)c(O)c1. The number of carboxylic acids is 1. The second kappa shape index (κ2) is 16.6. The molecule has 14 nitrogen and oxygen atoms in total. The summed E-state index contributed by atoms with van der Waals surface area (Å²) in [5.74, 6) is -5.78. The van der Waals surface area contributed by atoms with Crippen molar-refractivity contribution < 1.29 is 63.7 Å². The van der Waals surface area contributed by atoms with E-state index >= 15 is 4.79 Å². The van der Waals surface area contributed by atoms with E-state index in [4.69, 9.17) is 18.9 Å². The average Bonchev–Trinajstić information content (AvgIpc) is 3.45. The molecule has 2 aliphatic heterocycles. The zero-order valence-corrected chi connectivity index (χ0v) is 38.8. The third-order valence-electron chi connectivity index (χ3n) is 15.7. The van der Waals surface area contributed by atoms with Crippen molar-refractivity contribution >= 4 is 23.6 Å². The Morgan fingerprint density at radius 1 is 0.969 bits per heavy atom. The van der Waals surface area contributed by atoms with Crippen molar-refractivity contribution in [3.8, 4) is 11.5 Å². The number of fused-ring (bicyclic) bond motifs is 4. The molecule has 0 radical (unpaired) electrons. The lowest BCUT2D eigenvalue weighted by Gasteiger charge is -2.57. The molecular weight excluding hydrogens is 823 g/mol. The monoisotopic (exact) mass is 887 g/mol. The third-order valence-corrected chi connectivity index (χ3v) is 15.7. The van der Waals surface area contributed by atoms with E-state index in [2.05, 4.69) is 24.4 Å². The highest BCUT2D eigenvalue weighted by Gasteiger charge is 2.67. The molecule has 1 amide bonds. The minimum absolute atomic E-state index is 0.0168. The number of nitrogens with one attached hydrogen (secondary N) is 1. The van der Waals surface area contributed by atoms with Crippen LogP contribution in [0.2, 0.25) is 0 Å². The van der Waals surface area contributed by atoms with E-state index < -0.39 is 106 Å². The van der Waals surface area contributed by atoms with Gasteiger partial charge in [0.05, 0.1) is 36.3 Å². The van der Waals surface area contributed by atoms with Gasteiger partial charge in [0, 0.05) is 35.3 Å². The largest absolute Gasteiger partial charge is 0.511 e. The number of carbonyl (C=O) groups is 4. The number of phenols is 1. The predicted molar refractivity (Wildman–Crippen MR) is 235 cm³/mol. The van der Waals surface area contributed by atoms with Crippen molar-refractivity contribution in [3.63, 3.8) is 0 Å². The third kappa shape index (κ3) is 7.32. The lowest BCUT2D eigenvalue weighted by molar-refractivity contribution is -0.315. The summed E-state index contributed by atoms with van der Waals surface area (Å²) < 4.78 is 24.4. The molecule has 14 atom stereocenters. The summed E-state index contributed by atoms with van der Waals surface area (Å²) >= 11 is 0. The number of hydrogen-bond acceptors (Lipinski definition) is 12. The van der Waals surface area contributed by atoms with Crippen molar-refractivity contribution in [2.24, 2.45) is 40.4 Å². The van der Waals surface area contributed by atoms with Crippen LogP contribution in [-0.4, -0.2) is 98.1 Å². The number of rotatable bonds is 6. The van der Waals surface area contributed by atoms with E-state index in [0.29, 0.717) is 37.0 Å². The van der Waals surface area contributed by atoms with E-state index in [-0.39, 0.29) is 35.0 Å². The molecule has 3 fully saturated rings. The minimum atomic E-state index is -1.97. The Balaban J connectivity index is 1.26. The Morgan fingerprint density at radius 3 is 2.30 bits per heavy atom. The molecule has 1 aromatic rings. The summed E-state index contributed by atoms with van der Waals surface area (Å²) in [6.45, 7) is 18.0. The highest BCUT2D eigenvalue weighted by molar-refractivity contribution is 6.26. The van der Waals surface area contributed by atoms with Gasteiger partial charge in [-0.3, -0.25) is 9.59 Å². The first-order chi connectivity index (χ1) is 29.8. The number of hydrogen-bond donors (Lipinski definition) is 6. The van der Waals surface area contributed by atoms with Crippen LogP contribution in [0.4, 0.5) is 0 Å². The summed E-state index contributed by atoms with van der Waals surface area (Å²) in [5.41, 5.74) is -3.52. The number of amides is 1. The second-order valence-corrected chi connectivity index (χ2v) is 20.2. The number of allylic oxidation sites excluding steroid dienone is 5. The first-order valence-electron chi connectivity index (χ1n) is 22.5. The Kier molecular flexibility index (Phi) is 12.2. The summed E-state index contributed by atoms with van der Waals surface area (Å²) in [6, 6.07) is 1.78. The number of esters is 1. The summed E-state index contributed by atoms with van der Waals surface area (Å²) in [6.07, 6.45) is 5.40. The minimum Gasteiger partial charge on any atom is -0.511 e. The number of aliphatic carboxylic acids is 1. The summed E-state index contributed by atoms with van der Waals surface area (Å²) in [7, 11) is 1.44. The first kappa shape index (κ1) is 47.2. The summed E-state index contributed by atoms with van der Waals surface area (Å²) in [4.78, 5) is 55.6. The number of carbonyl (C=O) groups excluding carboxylic acids is 3. The number of benzene rings is 1. The van der Waals surface area contributed by atoms with E-state index in [9.17, 15) is 39.9 Å². The number of carboxylic acid groups (broad SMARTS) is 1. The van der Waals surface area contributed by atoms with Crippen LogP contribution in [-0.2, 0) is 28.6 Å². The maximum absolute atomic E-state index is 15.2. The lowest BCUT2D eigenvalue weighted by Crippen LogP contribution is -2.70. The zero-order chi connectivity index (χ0) is 47.2. The topological polar surface area (TPSA) is 218 Å². The highest BCUT2D eigenvalue weighted by Crippen LogP contribution is 2.62. The molecule has 2 saturated heterocycles. The van der Waals surface area contributed by atoms with Crippen LogP contribution in [0.1, 0.15) is 110 Å². The average molecular weight is 888 g/mol. The van der Waals surface area contributed by atoms with E-state index in [1.54, 1.807) is 39.8 Å². The van der Waals surface area contributed by atoms with Crippen LogP contribution >= 0.6 is 0 Å². The molecule has 14 heteroatoms. The normalized spacial score (nSPS) is 41.7. The molecule has 6 aliphatic rings. The van der Waals surface area contributed by atoms with Crippen LogP contribution < -0.4 is 10.1 Å². The fourth-order valence-electron chi connectivity index (χ4n) is 12.7. The van der Waals surface area contributed by atoms with Gasteiger partial charge in [-0.15, -0.1) is 0 Å². The van der Waals surface area contributed by atoms with Crippen LogP contribution in [0, 0.1) is 47.3 Å². The van der Waals surface area contributed by atoms with Crippen molar-refractivity contribution in [3.05, 3.63) is 81.2 Å². The van der Waals surface area contributed by atoms with Gasteiger partial charge in [-0.2, -0.15) is 0 Å². The van der Waals surface area contributed by atoms with Crippen LogP contribution in [0.25, 0.3) is 0 Å². The van der Waals surface area contributed by atoms with Gasteiger partial charge in [-0.05, 0) is 104 Å². The van der Waals surface area contributed by atoms with E-state index in [1.165, 1.54) is 20.1 Å². The van der Waals surface area contributed by atoms with Gasteiger partial charge in [-0.1, -0.05) is 61.8 Å². The molecule has 1 spiro atoms. The van der Waals surface area contributed by atoms with Crippen LogP contribution in [0.15, 0.2) is 70.1 Å². The molecular formula is C50H65NO13. The number of ketones is 1. The molecule has 0 unspecified atom stereocenters. The van der Waals surface area contributed by atoms with Crippen LogP contribution in [0.3, 0.4) is 0 Å². The standard InChI is InChI=1S/C50H65NO13/c1-23-13-12-14-24(2)37-27(5)18-31-34(63-46-42(55)49(10,60)39(29(7)62-46)51-43(56)35-26(4)17-30(61-11)19-33(35)52)16-15-25(3)38(31)48(37,9)40(53)36-41(54)50(64-45(36)59)21-28(6)32(44(57)58)22-47(50,8)20-23/h14,17-20,22,25,28-29,31,34,37-39,42,46,52-53,55,60H,12-13,15-16,21H2,1-11H3,(H,51,56)(H,57,58)/b23-20+,24-14+,40-36?/t25-,28+,29-,31+,34+,37-,38+,39+,42+,46+,47+,48+,49-,50-/m0/s1. The smallest absolute Gasteiger partial charge is 0.346 e. The molecule has 7 rings (SSSR count). The maximum atomic E-state index is 15.2. The van der Waals surface area contributed by atoms with E-state index in [0.717, 1.165) is 16.7 Å². The number of phenolic OH excluding ortho intramolecular Hbond substituents is 1. The maximum Gasteiger partial charge on any atom is 0.346 e. The van der Waals surface area contributed by atoms with Crippen molar-refractivity contribution in [1.82, 2.24) is 5.32 Å². The van der Waals surface area contributed by atoms with Crippen molar-refractivity contribution in [2.45, 2.75) is 143 Å². The zero-order valence-electron chi connectivity index (χ0n) is 38.8. The fourth-order valence-corrected chi connectivity index (χ4v) is 12.7. The number of ether oxygens (including phenoxy) is 4. The van der Waals surface area contributed by atoms with Gasteiger partial charge in [0.1, 0.15) is 34.5 Å². The predicted octanol–water partition coefficient (Wildman–Crippen LogP) is 6.71. The molecule has 2 heterocycles. The molecule has 4 aliphatic carbocycles. The van der Waals surface area contributed by atoms with E-state index in [1.807, 2.05) is 33.8 Å². The van der Waals surface area contributed by atoms with Crippen LogP contribution in [0.5, 0.6) is 11.5 Å². The molecule has 64 heavy (non-hydrogen) atoms. The number of aromatic hydroxyl groups is 1. The first-order valence-corrected chi connectivity index (χ1v) is 22.5. The van der Waals surface area contributed by atoms with Gasteiger partial charge >= 0.3 is 11.9 Å². The van der Waals surface area contributed by atoms with Crippen molar-refractivity contribution in [1.29, 1.82) is 0 Å². The Morgan fingerprint density at radius 2 is 1.66 bits per heavy atom. The molecule has 0 aromatic heterocycles. The van der Waals surface area contributed by atoms with Crippen molar-refractivity contribution in [2.75, 3.05) is 7.11 Å². The number of Topliss-reactive ketones (excluding diaryl/α,β-unsaturated/α-hetero) is 1. The quantitative estimate of drug-likeness (QED) is 0.0995. The number of aryl methyl sites for hydroxylation is 1. The number of methoxy groups -OCH3 is 1. The number of aliphatic hydroxyl groups excluding tert-OH is 2. The van der Waals surface area contributed by atoms with Gasteiger partial charge < -0.3 is 49.8 Å². The fraction of sp³-hybridized carbons (Fsp3) is 0.600. The molecule has 348 valence electrons. The van der Waals surface area contributed by atoms with Gasteiger partial charge in [0.15, 0.2) is 11.9 Å². The summed E-state index contributed by atoms with van der Waals surface area (Å²) in [5, 5.41) is 60.3. The second-order valence-electron chi connectivity index (χ2n) is 20.2. The molecule has 1 aromatic carbocycles. The van der Waals surface area contributed by atoms with Gasteiger partial charge in [0.25, 0.3) is 5.91 Å². The number of aliphatic hydroxyl groups is 3. The lowest BCUT2D eigenvalue weighted by atomic mass is 9.49. The Bertz CT molecular complexity index is 2280. The molecule has 2 bridgehead atoms. The molecule has 6 N–H and O–H groups in total. The molecule has 1 saturated carbocycles. The Hall–Kier alpha value is -4.76. The Labute approximate surface area is 375 Å².